The molecule has 1 aliphatic carbocycles. The van der Waals surface area contributed by atoms with Gasteiger partial charge in [-0.1, -0.05) is 24.3 Å². The highest BCUT2D eigenvalue weighted by molar-refractivity contribution is 14.1. The summed E-state index contributed by atoms with van der Waals surface area (Å²) in [4.78, 5) is 25.3. The number of hydrogen-bond acceptors (Lipinski definition) is 9. The van der Waals surface area contributed by atoms with Crippen molar-refractivity contribution >= 4 is 50.1 Å². The number of non-ortho nitro benzene ring substituents is 1. The number of benzene rings is 2. The van der Waals surface area contributed by atoms with Gasteiger partial charge in [0, 0.05) is 47.2 Å². The van der Waals surface area contributed by atoms with Crippen molar-refractivity contribution in [1.82, 2.24) is 4.31 Å². The number of aliphatic hydroxyl groups is 3. The standard InChI is InChI=1S/C29H36IN3O9S/c1-5-19(30)18-31(43(40,41)21-12-10-20(11-13-21)33(38)39)15-14-29(37)22-8-6-7-9-23(22)32(26(36)42-27(2,3)4)28(29)16-24(34)25(35)17-28/h5-13,24-25,34-35,37H,14-18H2,1-4H3/b19-5-/t24-,25+,28?,29-/m0/s1. The van der Waals surface area contributed by atoms with Crippen molar-refractivity contribution in [3.05, 3.63) is 73.9 Å². The highest BCUT2D eigenvalue weighted by atomic mass is 127. The maximum absolute atomic E-state index is 13.8. The van der Waals surface area contributed by atoms with Crippen LogP contribution in [0.25, 0.3) is 0 Å². The van der Waals surface area contributed by atoms with E-state index in [4.69, 9.17) is 4.74 Å². The number of aliphatic hydroxyl groups excluding tert-OH is 2. The molecule has 0 aromatic heterocycles. The van der Waals surface area contributed by atoms with Crippen molar-refractivity contribution in [1.29, 1.82) is 0 Å². The zero-order valence-electron chi connectivity index (χ0n) is 24.3. The molecule has 12 nitrogen and oxygen atoms in total. The zero-order valence-corrected chi connectivity index (χ0v) is 27.3. The fraction of sp³-hybridized carbons (Fsp3) is 0.483. The van der Waals surface area contributed by atoms with Crippen LogP contribution in [0.2, 0.25) is 0 Å². The van der Waals surface area contributed by atoms with Crippen molar-refractivity contribution in [2.75, 3.05) is 18.0 Å². The number of nitro benzene ring substituents is 1. The topological polar surface area (TPSA) is 171 Å². The zero-order chi connectivity index (χ0) is 32.0. The Labute approximate surface area is 264 Å². The molecule has 0 radical (unpaired) electrons. The Balaban J connectivity index is 1.79. The van der Waals surface area contributed by atoms with Crippen molar-refractivity contribution in [3.8, 4) is 0 Å². The van der Waals surface area contributed by atoms with E-state index in [0.29, 0.717) is 14.8 Å². The highest BCUT2D eigenvalue weighted by Crippen LogP contribution is 2.59. The molecule has 234 valence electrons. The Hall–Kier alpha value is -2.63. The average molecular weight is 730 g/mol. The number of allylic oxidation sites excluding steroid dienone is 1. The number of nitrogens with zero attached hydrogens (tertiary/aromatic N) is 3. The second-order valence-corrected chi connectivity index (χ2v) is 15.2. The molecule has 1 unspecified atom stereocenters. The number of amides is 1. The van der Waals surface area contributed by atoms with Crippen LogP contribution in [0.1, 0.15) is 52.5 Å². The van der Waals surface area contributed by atoms with E-state index in [1.165, 1.54) is 9.21 Å². The molecule has 1 amide bonds. The molecule has 43 heavy (non-hydrogen) atoms. The van der Waals surface area contributed by atoms with Gasteiger partial charge in [0.05, 0.1) is 33.3 Å². The van der Waals surface area contributed by atoms with Crippen LogP contribution in [0.5, 0.6) is 0 Å². The maximum Gasteiger partial charge on any atom is 0.415 e. The van der Waals surface area contributed by atoms with E-state index in [2.05, 4.69) is 0 Å². The van der Waals surface area contributed by atoms with Gasteiger partial charge in [0.25, 0.3) is 5.69 Å². The third-order valence-corrected chi connectivity index (χ3v) is 10.8. The van der Waals surface area contributed by atoms with Crippen LogP contribution in [-0.2, 0) is 20.4 Å². The number of ether oxygens (including phenoxy) is 1. The number of rotatable bonds is 8. The minimum absolute atomic E-state index is 0.0395. The number of fused-ring (bicyclic) bond motifs is 1. The van der Waals surface area contributed by atoms with Gasteiger partial charge >= 0.3 is 6.09 Å². The molecule has 1 saturated carbocycles. The Morgan fingerprint density at radius 3 is 2.28 bits per heavy atom. The summed E-state index contributed by atoms with van der Waals surface area (Å²) in [6.07, 6.45) is -2.10. The number of nitro groups is 1. The number of halogens is 1. The van der Waals surface area contributed by atoms with E-state index in [0.717, 1.165) is 24.3 Å². The van der Waals surface area contributed by atoms with Crippen LogP contribution < -0.4 is 4.90 Å². The van der Waals surface area contributed by atoms with Crippen molar-refractivity contribution in [2.45, 2.75) is 80.8 Å². The summed E-state index contributed by atoms with van der Waals surface area (Å²) in [6.45, 7) is 6.60. The second-order valence-electron chi connectivity index (χ2n) is 11.8. The normalized spacial score (nSPS) is 25.8. The Morgan fingerprint density at radius 1 is 1.16 bits per heavy atom. The van der Waals surface area contributed by atoms with Gasteiger partial charge in [-0.2, -0.15) is 4.31 Å². The summed E-state index contributed by atoms with van der Waals surface area (Å²) in [6, 6.07) is 11.2. The quantitative estimate of drug-likeness (QED) is 0.205. The van der Waals surface area contributed by atoms with Crippen LogP contribution >= 0.6 is 22.6 Å². The van der Waals surface area contributed by atoms with Gasteiger partial charge in [0.15, 0.2) is 0 Å². The first-order valence-corrected chi connectivity index (χ1v) is 16.3. The molecule has 14 heteroatoms. The summed E-state index contributed by atoms with van der Waals surface area (Å²) >= 11 is 2.01. The predicted octanol–water partition coefficient (Wildman–Crippen LogP) is 4.21. The molecule has 3 N–H and O–H groups in total. The third-order valence-electron chi connectivity index (χ3n) is 7.95. The molecule has 0 saturated heterocycles. The molecular formula is C29H36IN3O9S. The molecule has 1 aliphatic heterocycles. The Kier molecular flexibility index (Phi) is 9.32. The van der Waals surface area contributed by atoms with Crippen molar-refractivity contribution in [2.24, 2.45) is 0 Å². The summed E-state index contributed by atoms with van der Waals surface area (Å²) in [5.74, 6) is 0. The van der Waals surface area contributed by atoms with Crippen molar-refractivity contribution < 1.29 is 38.2 Å². The van der Waals surface area contributed by atoms with Gasteiger partial charge in [-0.3, -0.25) is 15.0 Å². The molecular weight excluding hydrogens is 693 g/mol. The van der Waals surface area contributed by atoms with E-state index in [-0.39, 0.29) is 42.9 Å². The van der Waals surface area contributed by atoms with E-state index in [1.54, 1.807) is 58.0 Å². The van der Waals surface area contributed by atoms with Gasteiger partial charge in [0.1, 0.15) is 11.2 Å². The van der Waals surface area contributed by atoms with Gasteiger partial charge in [-0.05, 0) is 74.9 Å². The molecule has 4 rings (SSSR count). The minimum Gasteiger partial charge on any atom is -0.443 e. The molecule has 1 fully saturated rings. The number of carbonyl (C=O) groups is 1. The lowest BCUT2D eigenvalue weighted by Gasteiger charge is -2.45. The summed E-state index contributed by atoms with van der Waals surface area (Å²) in [5, 5.41) is 45.2. The minimum atomic E-state index is -4.21. The van der Waals surface area contributed by atoms with Gasteiger partial charge in [-0.15, -0.1) is 0 Å². The predicted molar refractivity (Wildman–Crippen MR) is 167 cm³/mol. The maximum atomic E-state index is 13.8. The Morgan fingerprint density at radius 2 is 1.74 bits per heavy atom. The van der Waals surface area contributed by atoms with Gasteiger partial charge < -0.3 is 20.1 Å². The van der Waals surface area contributed by atoms with E-state index >= 15 is 0 Å². The molecule has 4 atom stereocenters. The van der Waals surface area contributed by atoms with Crippen LogP contribution in [0.15, 0.2) is 63.1 Å². The van der Waals surface area contributed by atoms with E-state index < -0.39 is 50.0 Å². The number of carbonyl (C=O) groups excluding carboxylic acids is 1. The fourth-order valence-corrected chi connectivity index (χ4v) is 7.98. The van der Waals surface area contributed by atoms with E-state index in [9.17, 15) is 38.6 Å². The molecule has 2 aromatic carbocycles. The second kappa shape index (κ2) is 12.0. The smallest absolute Gasteiger partial charge is 0.415 e. The summed E-state index contributed by atoms with van der Waals surface area (Å²) in [5.41, 5.74) is -3.91. The first-order chi connectivity index (χ1) is 20.0. The third kappa shape index (κ3) is 6.17. The highest BCUT2D eigenvalue weighted by Gasteiger charge is 2.67. The molecule has 1 heterocycles. The lowest BCUT2D eigenvalue weighted by molar-refractivity contribution is -0.384. The fourth-order valence-electron chi connectivity index (χ4n) is 5.92. The molecule has 2 aliphatic rings. The molecule has 0 bridgehead atoms. The largest absolute Gasteiger partial charge is 0.443 e. The first kappa shape index (κ1) is 33.3. The van der Waals surface area contributed by atoms with Crippen molar-refractivity contribution in [3.63, 3.8) is 0 Å². The van der Waals surface area contributed by atoms with Gasteiger partial charge in [-0.25, -0.2) is 13.2 Å². The van der Waals surface area contributed by atoms with Crippen LogP contribution in [-0.4, -0.2) is 75.5 Å². The SMILES string of the molecule is C/C=C(\I)CN(CC[C@]1(O)c2ccccc2N(C(=O)OC(C)(C)C)C12C[C@@H](O)[C@@H](O)C2)S(=O)(=O)c1ccc([N+](=O)[O-])cc1. The number of hydrogen-bond donors (Lipinski definition) is 3. The lowest BCUT2D eigenvalue weighted by Crippen LogP contribution is -2.60. The lowest BCUT2D eigenvalue weighted by atomic mass is 9.74. The first-order valence-electron chi connectivity index (χ1n) is 13.7. The molecule has 2 aromatic rings. The van der Waals surface area contributed by atoms with Crippen LogP contribution in [0.4, 0.5) is 16.2 Å². The van der Waals surface area contributed by atoms with E-state index in [1.807, 2.05) is 22.6 Å². The number of anilines is 1. The average Bonchev–Trinajstić information content (AvgIpc) is 3.34. The Bertz CT molecular complexity index is 1510. The van der Waals surface area contributed by atoms with Crippen LogP contribution in [0, 0.1) is 10.1 Å². The van der Waals surface area contributed by atoms with Gasteiger partial charge in [0.2, 0.25) is 10.0 Å². The molecule has 1 spiro atoms. The van der Waals surface area contributed by atoms with Crippen LogP contribution in [0.3, 0.4) is 0 Å². The number of sulfonamides is 1. The summed E-state index contributed by atoms with van der Waals surface area (Å²) < 4.78 is 35.3. The summed E-state index contributed by atoms with van der Waals surface area (Å²) in [7, 11) is -4.21. The number of para-hydroxylation sites is 1. The monoisotopic (exact) mass is 729 g/mol.